The van der Waals surface area contributed by atoms with Crippen LogP contribution in [-0.2, 0) is 0 Å². The molecule has 4 heteroatoms. The van der Waals surface area contributed by atoms with Crippen molar-refractivity contribution in [3.05, 3.63) is 86.5 Å². The summed E-state index contributed by atoms with van der Waals surface area (Å²) in [4.78, 5) is 25.2. The highest BCUT2D eigenvalue weighted by molar-refractivity contribution is 7.09. The lowest BCUT2D eigenvalue weighted by molar-refractivity contribution is 0.104. The summed E-state index contributed by atoms with van der Waals surface area (Å²) in [6, 6.07) is 16.3. The second-order valence-corrected chi connectivity index (χ2v) is 6.13. The highest BCUT2D eigenvalue weighted by atomic mass is 32.1. The van der Waals surface area contributed by atoms with E-state index in [1.54, 1.807) is 16.1 Å². The van der Waals surface area contributed by atoms with Gasteiger partial charge in [-0.3, -0.25) is 9.59 Å². The predicted molar refractivity (Wildman–Crippen MR) is 89.3 cm³/mol. The average molecular weight is 309 g/mol. The number of carbonyl (C=O) groups is 1. The van der Waals surface area contributed by atoms with Gasteiger partial charge in [-0.25, -0.2) is 3.96 Å². The molecule has 22 heavy (non-hydrogen) atoms. The Kier molecular flexibility index (Phi) is 3.77. The minimum absolute atomic E-state index is 0.119. The summed E-state index contributed by atoms with van der Waals surface area (Å²) in [5, 5.41) is 0. The SMILES string of the molecule is Cc1cccc(-n2sc(C(=O)c3ccccc3)cc2=O)c1C. The van der Waals surface area contributed by atoms with Crippen molar-refractivity contribution in [2.45, 2.75) is 13.8 Å². The number of nitrogens with zero attached hydrogens (tertiary/aromatic N) is 1. The van der Waals surface area contributed by atoms with Gasteiger partial charge < -0.3 is 0 Å². The molecule has 2 aromatic carbocycles. The Morgan fingerprint density at radius 2 is 1.73 bits per heavy atom. The van der Waals surface area contributed by atoms with Gasteiger partial charge in [0.1, 0.15) is 0 Å². The standard InChI is InChI=1S/C18H15NO2S/c1-12-7-6-10-15(13(12)2)19-17(20)11-16(22-19)18(21)14-8-4-3-5-9-14/h3-11H,1-2H3. The van der Waals surface area contributed by atoms with E-state index >= 15 is 0 Å². The third-order valence-electron chi connectivity index (χ3n) is 3.70. The Hall–Kier alpha value is -2.46. The number of hydrogen-bond donors (Lipinski definition) is 0. The summed E-state index contributed by atoms with van der Waals surface area (Å²) < 4.78 is 1.58. The zero-order chi connectivity index (χ0) is 15.7. The van der Waals surface area contributed by atoms with Crippen molar-refractivity contribution in [2.24, 2.45) is 0 Å². The topological polar surface area (TPSA) is 39.1 Å². The summed E-state index contributed by atoms with van der Waals surface area (Å²) in [7, 11) is 0. The minimum Gasteiger partial charge on any atom is -0.288 e. The first kappa shape index (κ1) is 14.5. The van der Waals surface area contributed by atoms with Crippen LogP contribution in [0.25, 0.3) is 5.69 Å². The molecule has 3 rings (SSSR count). The zero-order valence-electron chi connectivity index (χ0n) is 12.4. The van der Waals surface area contributed by atoms with Gasteiger partial charge in [-0.15, -0.1) is 0 Å². The highest BCUT2D eigenvalue weighted by Gasteiger charge is 2.16. The fraction of sp³-hybridized carbons (Fsp3) is 0.111. The molecular formula is C18H15NO2S. The number of benzene rings is 2. The van der Waals surface area contributed by atoms with Gasteiger partial charge >= 0.3 is 0 Å². The van der Waals surface area contributed by atoms with Gasteiger partial charge in [0.05, 0.1) is 10.6 Å². The number of carbonyl (C=O) groups excluding carboxylic acids is 1. The second kappa shape index (κ2) is 5.73. The van der Waals surface area contributed by atoms with E-state index in [4.69, 9.17) is 0 Å². The normalized spacial score (nSPS) is 10.6. The summed E-state index contributed by atoms with van der Waals surface area (Å²) in [5.74, 6) is -0.119. The quantitative estimate of drug-likeness (QED) is 0.691. The van der Waals surface area contributed by atoms with Gasteiger partial charge in [-0.2, -0.15) is 0 Å². The van der Waals surface area contributed by atoms with Crippen molar-refractivity contribution in [1.82, 2.24) is 3.96 Å². The van der Waals surface area contributed by atoms with E-state index < -0.39 is 0 Å². The maximum absolute atomic E-state index is 12.5. The molecule has 0 spiro atoms. The van der Waals surface area contributed by atoms with Gasteiger partial charge in [0.15, 0.2) is 0 Å². The highest BCUT2D eigenvalue weighted by Crippen LogP contribution is 2.21. The van der Waals surface area contributed by atoms with E-state index in [0.717, 1.165) is 16.8 Å². The van der Waals surface area contributed by atoms with Crippen molar-refractivity contribution in [1.29, 1.82) is 0 Å². The van der Waals surface area contributed by atoms with Crippen LogP contribution in [0.2, 0.25) is 0 Å². The Bertz CT molecular complexity index is 891. The molecule has 0 saturated heterocycles. The predicted octanol–water partition coefficient (Wildman–Crippen LogP) is 3.75. The number of aromatic nitrogens is 1. The van der Waals surface area contributed by atoms with Gasteiger partial charge in [0, 0.05) is 11.6 Å². The second-order valence-electron chi connectivity index (χ2n) is 5.15. The first-order valence-electron chi connectivity index (χ1n) is 6.97. The number of aryl methyl sites for hydroxylation is 1. The minimum atomic E-state index is -0.169. The molecule has 110 valence electrons. The molecule has 0 N–H and O–H groups in total. The van der Waals surface area contributed by atoms with Gasteiger partial charge in [-0.05, 0) is 42.6 Å². The average Bonchev–Trinajstić information content (AvgIpc) is 2.92. The van der Waals surface area contributed by atoms with Crippen LogP contribution in [0.5, 0.6) is 0 Å². The number of rotatable bonds is 3. The van der Waals surface area contributed by atoms with Crippen molar-refractivity contribution < 1.29 is 4.79 Å². The van der Waals surface area contributed by atoms with E-state index in [2.05, 4.69) is 0 Å². The molecule has 1 aromatic heterocycles. The van der Waals surface area contributed by atoms with Crippen LogP contribution in [0.1, 0.15) is 26.4 Å². The summed E-state index contributed by atoms with van der Waals surface area (Å²) >= 11 is 1.19. The summed E-state index contributed by atoms with van der Waals surface area (Å²) in [5.41, 5.74) is 3.43. The van der Waals surface area contributed by atoms with Crippen LogP contribution < -0.4 is 5.56 Å². The van der Waals surface area contributed by atoms with Crippen LogP contribution >= 0.6 is 11.5 Å². The molecule has 0 radical (unpaired) electrons. The lowest BCUT2D eigenvalue weighted by atomic mass is 10.1. The van der Waals surface area contributed by atoms with Gasteiger partial charge in [0.2, 0.25) is 5.78 Å². The summed E-state index contributed by atoms with van der Waals surface area (Å²) in [6.45, 7) is 3.99. The van der Waals surface area contributed by atoms with Crippen LogP contribution in [0, 0.1) is 13.8 Å². The van der Waals surface area contributed by atoms with E-state index in [0.29, 0.717) is 10.4 Å². The molecule has 0 saturated carbocycles. The van der Waals surface area contributed by atoms with E-state index in [-0.39, 0.29) is 11.3 Å². The molecule has 0 unspecified atom stereocenters. The van der Waals surface area contributed by atoms with Crippen LogP contribution in [0.15, 0.2) is 59.4 Å². The Balaban J connectivity index is 2.07. The van der Waals surface area contributed by atoms with Crippen LogP contribution in [0.3, 0.4) is 0 Å². The summed E-state index contributed by atoms with van der Waals surface area (Å²) in [6.07, 6.45) is 0. The molecule has 1 heterocycles. The lowest BCUT2D eigenvalue weighted by Gasteiger charge is -2.07. The molecule has 0 fully saturated rings. The van der Waals surface area contributed by atoms with Crippen molar-refractivity contribution >= 4 is 17.3 Å². The fourth-order valence-electron chi connectivity index (χ4n) is 2.30. The molecular weight excluding hydrogens is 294 g/mol. The van der Waals surface area contributed by atoms with Crippen LogP contribution in [-0.4, -0.2) is 9.74 Å². The van der Waals surface area contributed by atoms with Crippen LogP contribution in [0.4, 0.5) is 0 Å². The van der Waals surface area contributed by atoms with Crippen molar-refractivity contribution in [3.63, 3.8) is 0 Å². The molecule has 0 aliphatic heterocycles. The Morgan fingerprint density at radius 1 is 1.00 bits per heavy atom. The monoisotopic (exact) mass is 309 g/mol. The van der Waals surface area contributed by atoms with E-state index in [1.165, 1.54) is 17.6 Å². The lowest BCUT2D eigenvalue weighted by Crippen LogP contribution is -2.11. The molecule has 3 nitrogen and oxygen atoms in total. The Labute approximate surface area is 132 Å². The van der Waals surface area contributed by atoms with E-state index in [1.807, 2.05) is 50.2 Å². The first-order valence-corrected chi connectivity index (χ1v) is 7.75. The molecule has 0 atom stereocenters. The molecule has 0 amide bonds. The van der Waals surface area contributed by atoms with E-state index in [9.17, 15) is 9.59 Å². The Morgan fingerprint density at radius 3 is 2.45 bits per heavy atom. The molecule has 0 aliphatic rings. The van der Waals surface area contributed by atoms with Gasteiger partial charge in [-0.1, -0.05) is 42.5 Å². The smallest absolute Gasteiger partial charge is 0.266 e. The first-order chi connectivity index (χ1) is 10.6. The molecule has 0 aliphatic carbocycles. The van der Waals surface area contributed by atoms with Crippen molar-refractivity contribution in [2.75, 3.05) is 0 Å². The molecule has 0 bridgehead atoms. The third kappa shape index (κ3) is 2.53. The third-order valence-corrected chi connectivity index (χ3v) is 4.76. The number of ketones is 1. The zero-order valence-corrected chi connectivity index (χ0v) is 13.2. The largest absolute Gasteiger partial charge is 0.288 e. The number of hydrogen-bond acceptors (Lipinski definition) is 3. The van der Waals surface area contributed by atoms with Gasteiger partial charge in [0.25, 0.3) is 5.56 Å². The van der Waals surface area contributed by atoms with Crippen molar-refractivity contribution in [3.8, 4) is 5.69 Å². The maximum atomic E-state index is 12.5. The maximum Gasteiger partial charge on any atom is 0.266 e. The molecule has 3 aromatic rings. The fourth-order valence-corrected chi connectivity index (χ4v) is 3.29.